The van der Waals surface area contributed by atoms with Crippen LogP contribution in [0.2, 0.25) is 0 Å². The number of hydrogen-bond donors (Lipinski definition) is 1. The summed E-state index contributed by atoms with van der Waals surface area (Å²) in [6.07, 6.45) is 6.39. The Labute approximate surface area is 145 Å². The van der Waals surface area contributed by atoms with Crippen molar-refractivity contribution in [2.45, 2.75) is 63.3 Å². The maximum atomic E-state index is 6.68. The van der Waals surface area contributed by atoms with Crippen LogP contribution < -0.4 is 5.32 Å². The molecule has 2 saturated heterocycles. The molecule has 0 aromatic heterocycles. The summed E-state index contributed by atoms with van der Waals surface area (Å²) in [6, 6.07) is 20.9. The van der Waals surface area contributed by atoms with E-state index in [4.69, 9.17) is 4.74 Å². The van der Waals surface area contributed by atoms with E-state index in [0.717, 1.165) is 19.3 Å². The smallest absolute Gasteiger partial charge is 0.108 e. The van der Waals surface area contributed by atoms with Crippen LogP contribution in [-0.2, 0) is 11.2 Å². The highest BCUT2D eigenvalue weighted by molar-refractivity contribution is 5.32. The first kappa shape index (κ1) is 15.9. The SMILES string of the molecule is CCc1ccc(C(OC2C[C@H]3CC[C@@H](C2)N3)c2ccccc2)cc1. The van der Waals surface area contributed by atoms with Gasteiger partial charge in [0.05, 0.1) is 6.10 Å². The quantitative estimate of drug-likeness (QED) is 0.866. The zero-order valence-corrected chi connectivity index (χ0v) is 14.4. The Bertz CT molecular complexity index is 639. The average Bonchev–Trinajstić information content (AvgIpc) is 2.99. The van der Waals surface area contributed by atoms with Crippen molar-refractivity contribution < 1.29 is 4.74 Å². The second-order valence-electron chi connectivity index (χ2n) is 7.25. The van der Waals surface area contributed by atoms with Crippen molar-refractivity contribution in [3.8, 4) is 0 Å². The van der Waals surface area contributed by atoms with Crippen LogP contribution in [0.15, 0.2) is 54.6 Å². The Hall–Kier alpha value is -1.64. The van der Waals surface area contributed by atoms with Gasteiger partial charge in [0.15, 0.2) is 0 Å². The molecule has 0 aliphatic carbocycles. The molecule has 2 heteroatoms. The van der Waals surface area contributed by atoms with Gasteiger partial charge in [0.1, 0.15) is 6.10 Å². The lowest BCUT2D eigenvalue weighted by atomic mass is 9.97. The number of benzene rings is 2. The van der Waals surface area contributed by atoms with Gasteiger partial charge in [-0.1, -0.05) is 61.5 Å². The monoisotopic (exact) mass is 321 g/mol. The molecule has 2 aliphatic rings. The lowest BCUT2D eigenvalue weighted by Gasteiger charge is -2.32. The van der Waals surface area contributed by atoms with Crippen LogP contribution in [0.25, 0.3) is 0 Å². The van der Waals surface area contributed by atoms with Crippen molar-refractivity contribution in [2.24, 2.45) is 0 Å². The molecule has 2 heterocycles. The standard InChI is InChI=1S/C22H27NO/c1-2-16-8-10-18(11-9-16)22(17-6-4-3-5-7-17)24-21-14-19-12-13-20(15-21)23-19/h3-11,19-23H,2,12-15H2,1H3/t19-,20+,21?,22?. The molecular weight excluding hydrogens is 294 g/mol. The molecule has 4 rings (SSSR count). The fourth-order valence-electron chi connectivity index (χ4n) is 4.21. The van der Waals surface area contributed by atoms with Crippen LogP contribution in [0, 0.1) is 0 Å². The third kappa shape index (κ3) is 3.40. The predicted molar refractivity (Wildman–Crippen MR) is 98.2 cm³/mol. The van der Waals surface area contributed by atoms with E-state index in [0.29, 0.717) is 18.2 Å². The lowest BCUT2D eigenvalue weighted by Crippen LogP contribution is -2.41. The molecule has 0 radical (unpaired) electrons. The van der Waals surface area contributed by atoms with Crippen LogP contribution >= 0.6 is 0 Å². The zero-order chi connectivity index (χ0) is 16.4. The molecule has 126 valence electrons. The molecule has 24 heavy (non-hydrogen) atoms. The molecule has 2 aliphatic heterocycles. The number of fused-ring (bicyclic) bond motifs is 2. The summed E-state index contributed by atoms with van der Waals surface area (Å²) in [5.74, 6) is 0. The fourth-order valence-corrected chi connectivity index (χ4v) is 4.21. The third-order valence-corrected chi connectivity index (χ3v) is 5.55. The highest BCUT2D eigenvalue weighted by Gasteiger charge is 2.35. The van der Waals surface area contributed by atoms with Gasteiger partial charge in [0, 0.05) is 12.1 Å². The van der Waals surface area contributed by atoms with Crippen LogP contribution in [0.3, 0.4) is 0 Å². The number of aryl methyl sites for hydroxylation is 1. The fraction of sp³-hybridized carbons (Fsp3) is 0.455. The van der Waals surface area contributed by atoms with E-state index in [9.17, 15) is 0 Å². The van der Waals surface area contributed by atoms with Gasteiger partial charge in [-0.05, 0) is 48.8 Å². The first-order valence-electron chi connectivity index (χ1n) is 9.37. The average molecular weight is 321 g/mol. The summed E-state index contributed by atoms with van der Waals surface area (Å²) in [5, 5.41) is 3.71. The van der Waals surface area contributed by atoms with E-state index in [2.05, 4.69) is 66.8 Å². The number of piperidine rings is 1. The summed E-state index contributed by atoms with van der Waals surface area (Å²) < 4.78 is 6.68. The molecule has 2 aromatic carbocycles. The highest BCUT2D eigenvalue weighted by Crippen LogP contribution is 2.34. The molecule has 0 amide bonds. The van der Waals surface area contributed by atoms with Gasteiger partial charge >= 0.3 is 0 Å². The van der Waals surface area contributed by atoms with Crippen molar-refractivity contribution in [1.82, 2.24) is 5.32 Å². The van der Waals surface area contributed by atoms with E-state index in [1.807, 2.05) is 0 Å². The van der Waals surface area contributed by atoms with E-state index < -0.39 is 0 Å². The minimum Gasteiger partial charge on any atom is -0.365 e. The van der Waals surface area contributed by atoms with Crippen molar-refractivity contribution >= 4 is 0 Å². The normalized spacial score (nSPS) is 27.1. The van der Waals surface area contributed by atoms with E-state index >= 15 is 0 Å². The Balaban J connectivity index is 1.58. The number of ether oxygens (including phenoxy) is 1. The van der Waals surface area contributed by atoms with E-state index in [1.165, 1.54) is 29.5 Å². The van der Waals surface area contributed by atoms with Crippen molar-refractivity contribution in [2.75, 3.05) is 0 Å². The van der Waals surface area contributed by atoms with Crippen LogP contribution in [0.5, 0.6) is 0 Å². The Morgan fingerprint density at radius 3 is 2.17 bits per heavy atom. The van der Waals surface area contributed by atoms with Crippen molar-refractivity contribution in [3.63, 3.8) is 0 Å². The van der Waals surface area contributed by atoms with Gasteiger partial charge in [0.25, 0.3) is 0 Å². The molecular formula is C22H27NO. The number of rotatable bonds is 5. The summed E-state index contributed by atoms with van der Waals surface area (Å²) in [7, 11) is 0. The molecule has 2 unspecified atom stereocenters. The number of hydrogen-bond acceptors (Lipinski definition) is 2. The zero-order valence-electron chi connectivity index (χ0n) is 14.4. The Kier molecular flexibility index (Phi) is 4.68. The second kappa shape index (κ2) is 7.08. The molecule has 2 fully saturated rings. The largest absolute Gasteiger partial charge is 0.365 e. The van der Waals surface area contributed by atoms with E-state index in [1.54, 1.807) is 0 Å². The van der Waals surface area contributed by atoms with E-state index in [-0.39, 0.29) is 6.10 Å². The summed E-state index contributed by atoms with van der Waals surface area (Å²) in [4.78, 5) is 0. The highest BCUT2D eigenvalue weighted by atomic mass is 16.5. The van der Waals surface area contributed by atoms with Crippen molar-refractivity contribution in [3.05, 3.63) is 71.3 Å². The topological polar surface area (TPSA) is 21.3 Å². The van der Waals surface area contributed by atoms with Crippen LogP contribution in [0.1, 0.15) is 55.4 Å². The maximum Gasteiger partial charge on any atom is 0.108 e. The summed E-state index contributed by atoms with van der Waals surface area (Å²) in [6.45, 7) is 2.20. The number of nitrogens with one attached hydrogen (secondary N) is 1. The molecule has 0 saturated carbocycles. The first-order valence-corrected chi connectivity index (χ1v) is 9.37. The maximum absolute atomic E-state index is 6.68. The van der Waals surface area contributed by atoms with Crippen LogP contribution in [-0.4, -0.2) is 18.2 Å². The Morgan fingerprint density at radius 2 is 1.54 bits per heavy atom. The molecule has 0 spiro atoms. The molecule has 2 nitrogen and oxygen atoms in total. The molecule has 2 aromatic rings. The third-order valence-electron chi connectivity index (χ3n) is 5.55. The molecule has 1 N–H and O–H groups in total. The summed E-state index contributed by atoms with van der Waals surface area (Å²) in [5.41, 5.74) is 3.90. The second-order valence-corrected chi connectivity index (χ2v) is 7.25. The van der Waals surface area contributed by atoms with Gasteiger partial charge in [-0.25, -0.2) is 0 Å². The minimum absolute atomic E-state index is 0.0413. The molecule has 2 bridgehead atoms. The van der Waals surface area contributed by atoms with Gasteiger partial charge in [-0.3, -0.25) is 0 Å². The minimum atomic E-state index is 0.0413. The summed E-state index contributed by atoms with van der Waals surface area (Å²) >= 11 is 0. The van der Waals surface area contributed by atoms with Crippen molar-refractivity contribution in [1.29, 1.82) is 0 Å². The first-order chi connectivity index (χ1) is 11.8. The van der Waals surface area contributed by atoms with Gasteiger partial charge in [-0.2, -0.15) is 0 Å². The van der Waals surface area contributed by atoms with Gasteiger partial charge in [0.2, 0.25) is 0 Å². The predicted octanol–water partition coefficient (Wildman–Crippen LogP) is 4.64. The van der Waals surface area contributed by atoms with Gasteiger partial charge in [-0.15, -0.1) is 0 Å². The molecule has 4 atom stereocenters. The Morgan fingerprint density at radius 1 is 0.917 bits per heavy atom. The van der Waals surface area contributed by atoms with Gasteiger partial charge < -0.3 is 10.1 Å². The lowest BCUT2D eigenvalue weighted by molar-refractivity contribution is -0.0181. The van der Waals surface area contributed by atoms with Crippen LogP contribution in [0.4, 0.5) is 0 Å².